The molecule has 0 amide bonds. The standard InChI is InChI=1S/C14H14BrN3O2/c1-18(8-9-4-2-3-5-10(9)15)13-11(16)6-7-12(17-13)14(19)20/h2-7H,8,16H2,1H3,(H,19,20). The Bertz CT molecular complexity index is 646. The minimum Gasteiger partial charge on any atom is -0.477 e. The number of nitrogens with two attached hydrogens (primary N) is 1. The van der Waals surface area contributed by atoms with Crippen LogP contribution in [0.4, 0.5) is 11.5 Å². The number of carbonyl (C=O) groups is 1. The van der Waals surface area contributed by atoms with E-state index in [4.69, 9.17) is 10.8 Å². The smallest absolute Gasteiger partial charge is 0.354 e. The summed E-state index contributed by atoms with van der Waals surface area (Å²) in [5.74, 6) is -0.610. The predicted molar refractivity (Wildman–Crippen MR) is 81.9 cm³/mol. The second-order valence-corrected chi connectivity index (χ2v) is 5.22. The molecule has 2 aromatic rings. The van der Waals surface area contributed by atoms with Gasteiger partial charge in [0.2, 0.25) is 0 Å². The molecule has 0 bridgehead atoms. The van der Waals surface area contributed by atoms with Gasteiger partial charge in [-0.05, 0) is 23.8 Å². The summed E-state index contributed by atoms with van der Waals surface area (Å²) in [4.78, 5) is 16.9. The second kappa shape index (κ2) is 5.92. The van der Waals surface area contributed by atoms with E-state index >= 15 is 0 Å². The van der Waals surface area contributed by atoms with Crippen LogP contribution in [-0.4, -0.2) is 23.1 Å². The van der Waals surface area contributed by atoms with Gasteiger partial charge < -0.3 is 15.7 Å². The Morgan fingerprint density at radius 1 is 1.35 bits per heavy atom. The maximum atomic E-state index is 11.0. The fourth-order valence-electron chi connectivity index (χ4n) is 1.84. The summed E-state index contributed by atoms with van der Waals surface area (Å²) in [5.41, 5.74) is 7.37. The SMILES string of the molecule is CN(Cc1ccccc1Br)c1nc(C(=O)O)ccc1N. The number of pyridine rings is 1. The van der Waals surface area contributed by atoms with Gasteiger partial charge in [0.25, 0.3) is 0 Å². The Hall–Kier alpha value is -2.08. The van der Waals surface area contributed by atoms with Gasteiger partial charge in [-0.15, -0.1) is 0 Å². The van der Waals surface area contributed by atoms with E-state index in [0.29, 0.717) is 18.1 Å². The van der Waals surface area contributed by atoms with Crippen molar-refractivity contribution in [1.82, 2.24) is 4.98 Å². The molecule has 1 aromatic heterocycles. The highest BCUT2D eigenvalue weighted by molar-refractivity contribution is 9.10. The van der Waals surface area contributed by atoms with Gasteiger partial charge >= 0.3 is 5.97 Å². The van der Waals surface area contributed by atoms with Crippen molar-refractivity contribution in [2.75, 3.05) is 17.7 Å². The van der Waals surface area contributed by atoms with Gasteiger partial charge in [-0.3, -0.25) is 0 Å². The molecule has 104 valence electrons. The molecular weight excluding hydrogens is 322 g/mol. The largest absolute Gasteiger partial charge is 0.477 e. The zero-order valence-corrected chi connectivity index (χ0v) is 12.5. The maximum Gasteiger partial charge on any atom is 0.354 e. The third kappa shape index (κ3) is 3.08. The molecule has 5 nitrogen and oxygen atoms in total. The summed E-state index contributed by atoms with van der Waals surface area (Å²) in [5, 5.41) is 8.99. The van der Waals surface area contributed by atoms with Crippen molar-refractivity contribution in [1.29, 1.82) is 0 Å². The number of carboxylic acid groups (broad SMARTS) is 1. The maximum absolute atomic E-state index is 11.0. The molecule has 20 heavy (non-hydrogen) atoms. The first-order valence-electron chi connectivity index (χ1n) is 5.93. The number of aromatic nitrogens is 1. The molecule has 0 fully saturated rings. The van der Waals surface area contributed by atoms with Gasteiger partial charge in [0.15, 0.2) is 11.5 Å². The molecule has 0 saturated heterocycles. The monoisotopic (exact) mass is 335 g/mol. The van der Waals surface area contributed by atoms with Crippen molar-refractivity contribution in [3.05, 3.63) is 52.1 Å². The summed E-state index contributed by atoms with van der Waals surface area (Å²) in [6, 6.07) is 10.8. The van der Waals surface area contributed by atoms with E-state index < -0.39 is 5.97 Å². The highest BCUT2D eigenvalue weighted by atomic mass is 79.9. The Morgan fingerprint density at radius 3 is 2.70 bits per heavy atom. The molecule has 0 aliphatic heterocycles. The van der Waals surface area contributed by atoms with Crippen LogP contribution in [-0.2, 0) is 6.54 Å². The molecule has 0 saturated carbocycles. The molecular formula is C14H14BrN3O2. The van der Waals surface area contributed by atoms with E-state index in [1.165, 1.54) is 6.07 Å². The summed E-state index contributed by atoms with van der Waals surface area (Å²) in [6.45, 7) is 0.571. The molecule has 0 aliphatic rings. The zero-order chi connectivity index (χ0) is 14.7. The topological polar surface area (TPSA) is 79.5 Å². The normalized spacial score (nSPS) is 10.3. The quantitative estimate of drug-likeness (QED) is 0.897. The van der Waals surface area contributed by atoms with Crippen LogP contribution in [0.2, 0.25) is 0 Å². The van der Waals surface area contributed by atoms with Crippen molar-refractivity contribution in [3.63, 3.8) is 0 Å². The van der Waals surface area contributed by atoms with Crippen molar-refractivity contribution in [2.45, 2.75) is 6.54 Å². The first kappa shape index (κ1) is 14.3. The molecule has 0 atom stereocenters. The molecule has 0 spiro atoms. The molecule has 0 unspecified atom stereocenters. The van der Waals surface area contributed by atoms with Gasteiger partial charge in [0.05, 0.1) is 5.69 Å². The lowest BCUT2D eigenvalue weighted by Gasteiger charge is -2.20. The van der Waals surface area contributed by atoms with Crippen LogP contribution < -0.4 is 10.6 Å². The molecule has 1 aromatic carbocycles. The van der Waals surface area contributed by atoms with Gasteiger partial charge in [0.1, 0.15) is 0 Å². The fraction of sp³-hybridized carbons (Fsp3) is 0.143. The number of hydrogen-bond acceptors (Lipinski definition) is 4. The zero-order valence-electron chi connectivity index (χ0n) is 10.9. The number of nitrogen functional groups attached to an aromatic ring is 1. The van der Waals surface area contributed by atoms with E-state index in [1.54, 1.807) is 6.07 Å². The van der Waals surface area contributed by atoms with Crippen LogP contribution in [0.3, 0.4) is 0 Å². The summed E-state index contributed by atoms with van der Waals surface area (Å²) < 4.78 is 0.986. The van der Waals surface area contributed by atoms with Crippen LogP contribution in [0, 0.1) is 0 Å². The van der Waals surface area contributed by atoms with Crippen LogP contribution in [0.1, 0.15) is 16.1 Å². The van der Waals surface area contributed by atoms with Crippen molar-refractivity contribution in [2.24, 2.45) is 0 Å². The van der Waals surface area contributed by atoms with Crippen LogP contribution in [0.15, 0.2) is 40.9 Å². The van der Waals surface area contributed by atoms with Crippen molar-refractivity contribution in [3.8, 4) is 0 Å². The Morgan fingerprint density at radius 2 is 2.05 bits per heavy atom. The van der Waals surface area contributed by atoms with Gasteiger partial charge in [-0.2, -0.15) is 0 Å². The Labute approximate surface area is 125 Å². The Balaban J connectivity index is 2.29. The lowest BCUT2D eigenvalue weighted by Crippen LogP contribution is -2.20. The lowest BCUT2D eigenvalue weighted by molar-refractivity contribution is 0.0690. The summed E-state index contributed by atoms with van der Waals surface area (Å²) in [7, 11) is 1.82. The highest BCUT2D eigenvalue weighted by Crippen LogP contribution is 2.24. The first-order chi connectivity index (χ1) is 9.49. The third-order valence-corrected chi connectivity index (χ3v) is 3.62. The number of nitrogens with zero attached hydrogens (tertiary/aromatic N) is 2. The minimum atomic E-state index is -1.07. The molecule has 0 radical (unpaired) electrons. The molecule has 2 rings (SSSR count). The molecule has 3 N–H and O–H groups in total. The highest BCUT2D eigenvalue weighted by Gasteiger charge is 2.13. The van der Waals surface area contributed by atoms with E-state index in [0.717, 1.165) is 10.0 Å². The van der Waals surface area contributed by atoms with Gasteiger partial charge in [-0.25, -0.2) is 9.78 Å². The number of anilines is 2. The molecule has 6 heteroatoms. The number of carboxylic acids is 1. The van der Waals surface area contributed by atoms with E-state index in [2.05, 4.69) is 20.9 Å². The predicted octanol–water partition coefficient (Wildman–Crippen LogP) is 2.76. The van der Waals surface area contributed by atoms with Crippen LogP contribution >= 0.6 is 15.9 Å². The Kier molecular flexibility index (Phi) is 4.24. The number of halogens is 1. The molecule has 1 heterocycles. The molecule has 0 aliphatic carbocycles. The van der Waals surface area contributed by atoms with Crippen LogP contribution in [0.25, 0.3) is 0 Å². The summed E-state index contributed by atoms with van der Waals surface area (Å²) in [6.07, 6.45) is 0. The van der Waals surface area contributed by atoms with Crippen molar-refractivity contribution >= 4 is 33.4 Å². The number of hydrogen-bond donors (Lipinski definition) is 2. The fourth-order valence-corrected chi connectivity index (χ4v) is 2.25. The van der Waals surface area contributed by atoms with Crippen molar-refractivity contribution < 1.29 is 9.90 Å². The van der Waals surface area contributed by atoms with E-state index in [-0.39, 0.29) is 5.69 Å². The first-order valence-corrected chi connectivity index (χ1v) is 6.72. The lowest BCUT2D eigenvalue weighted by atomic mass is 10.2. The third-order valence-electron chi connectivity index (χ3n) is 2.85. The number of aromatic carboxylic acids is 1. The van der Waals surface area contributed by atoms with Gasteiger partial charge in [-0.1, -0.05) is 34.1 Å². The minimum absolute atomic E-state index is 0.0202. The second-order valence-electron chi connectivity index (χ2n) is 4.36. The van der Waals surface area contributed by atoms with E-state index in [1.807, 2.05) is 36.2 Å². The summed E-state index contributed by atoms with van der Waals surface area (Å²) >= 11 is 3.48. The van der Waals surface area contributed by atoms with Crippen LogP contribution in [0.5, 0.6) is 0 Å². The average Bonchev–Trinajstić information content (AvgIpc) is 2.41. The average molecular weight is 336 g/mol. The van der Waals surface area contributed by atoms with Gasteiger partial charge in [0, 0.05) is 18.1 Å². The number of benzene rings is 1. The number of rotatable bonds is 4. The van der Waals surface area contributed by atoms with E-state index in [9.17, 15) is 4.79 Å².